The first-order chi connectivity index (χ1) is 11.4. The topological polar surface area (TPSA) is 49.3 Å². The first kappa shape index (κ1) is 17.4. The van der Waals surface area contributed by atoms with Gasteiger partial charge in [-0.3, -0.25) is 4.79 Å². The number of benzene rings is 2. The van der Waals surface area contributed by atoms with Crippen molar-refractivity contribution in [2.45, 2.75) is 13.5 Å². The van der Waals surface area contributed by atoms with Gasteiger partial charge in [-0.05, 0) is 36.2 Å². The smallest absolute Gasteiger partial charge is 0.251 e. The van der Waals surface area contributed by atoms with Crippen molar-refractivity contribution in [3.63, 3.8) is 0 Å². The number of hydrogen-bond donors (Lipinski definition) is 2. The fourth-order valence-electron chi connectivity index (χ4n) is 2.13. The maximum Gasteiger partial charge on any atom is 0.251 e. The van der Waals surface area contributed by atoms with E-state index >= 15 is 0 Å². The average molecular weight is 329 g/mol. The number of aromatic hydroxyl groups is 1. The van der Waals surface area contributed by atoms with E-state index in [-0.39, 0.29) is 12.1 Å². The predicted octanol–water partition coefficient (Wildman–Crippen LogP) is 4.11. The summed E-state index contributed by atoms with van der Waals surface area (Å²) < 4.78 is 26.7. The molecule has 2 aromatic rings. The molecule has 0 heterocycles. The first-order valence-electron chi connectivity index (χ1n) is 7.28. The SMILES string of the molecule is C=C/C=C\c1cc(C(=O)NCc2ccc(F)c(O)c2F)ccc1C. The van der Waals surface area contributed by atoms with E-state index in [1.807, 2.05) is 19.1 Å². The summed E-state index contributed by atoms with van der Waals surface area (Å²) in [4.78, 5) is 12.2. The van der Waals surface area contributed by atoms with Crippen LogP contribution in [0.4, 0.5) is 8.78 Å². The fourth-order valence-corrected chi connectivity index (χ4v) is 2.13. The maximum absolute atomic E-state index is 13.7. The Labute approximate surface area is 139 Å². The number of carbonyl (C=O) groups excluding carboxylic acids is 1. The molecule has 0 spiro atoms. The zero-order valence-corrected chi connectivity index (χ0v) is 13.1. The van der Waals surface area contributed by atoms with Gasteiger partial charge in [-0.2, -0.15) is 0 Å². The summed E-state index contributed by atoms with van der Waals surface area (Å²) in [5, 5.41) is 11.8. The third-order valence-electron chi connectivity index (χ3n) is 3.54. The highest BCUT2D eigenvalue weighted by Gasteiger charge is 2.14. The molecule has 0 aliphatic heterocycles. The lowest BCUT2D eigenvalue weighted by atomic mass is 10.0. The average Bonchev–Trinajstić information content (AvgIpc) is 2.58. The molecule has 0 saturated carbocycles. The number of phenolic OH excluding ortho intramolecular Hbond substituents is 1. The van der Waals surface area contributed by atoms with E-state index in [9.17, 15) is 18.7 Å². The number of phenols is 1. The minimum atomic E-state index is -1.08. The van der Waals surface area contributed by atoms with Crippen LogP contribution in [0.25, 0.3) is 6.08 Å². The number of aryl methyl sites for hydroxylation is 1. The molecule has 2 N–H and O–H groups in total. The Balaban J connectivity index is 2.15. The van der Waals surface area contributed by atoms with Crippen LogP contribution in [0.15, 0.2) is 49.1 Å². The molecule has 5 heteroatoms. The van der Waals surface area contributed by atoms with E-state index in [2.05, 4.69) is 11.9 Å². The molecule has 0 saturated heterocycles. The second-order valence-corrected chi connectivity index (χ2v) is 5.22. The lowest BCUT2D eigenvalue weighted by Gasteiger charge is -2.09. The molecular weight excluding hydrogens is 312 g/mol. The van der Waals surface area contributed by atoms with Gasteiger partial charge in [0.1, 0.15) is 0 Å². The van der Waals surface area contributed by atoms with Crippen molar-refractivity contribution >= 4 is 12.0 Å². The summed E-state index contributed by atoms with van der Waals surface area (Å²) in [5.41, 5.74) is 2.28. The number of hydrogen-bond acceptors (Lipinski definition) is 2. The lowest BCUT2D eigenvalue weighted by molar-refractivity contribution is 0.0950. The highest BCUT2D eigenvalue weighted by atomic mass is 19.1. The normalized spacial score (nSPS) is 10.8. The van der Waals surface area contributed by atoms with Gasteiger partial charge in [0.15, 0.2) is 17.4 Å². The monoisotopic (exact) mass is 329 g/mol. The third-order valence-corrected chi connectivity index (χ3v) is 3.54. The van der Waals surface area contributed by atoms with Gasteiger partial charge in [-0.25, -0.2) is 8.78 Å². The molecule has 1 amide bonds. The summed E-state index contributed by atoms with van der Waals surface area (Å²) in [6.45, 7) is 5.35. The Kier molecular flexibility index (Phi) is 5.47. The zero-order valence-electron chi connectivity index (χ0n) is 13.1. The summed E-state index contributed by atoms with van der Waals surface area (Å²) >= 11 is 0. The van der Waals surface area contributed by atoms with E-state index in [0.717, 1.165) is 17.2 Å². The summed E-state index contributed by atoms with van der Waals surface area (Å²) in [6.07, 6.45) is 5.23. The first-order valence-corrected chi connectivity index (χ1v) is 7.28. The maximum atomic E-state index is 13.7. The van der Waals surface area contributed by atoms with Gasteiger partial charge in [-0.1, -0.05) is 36.9 Å². The molecule has 2 rings (SSSR count). The second-order valence-electron chi connectivity index (χ2n) is 5.22. The van der Waals surface area contributed by atoms with Gasteiger partial charge < -0.3 is 10.4 Å². The molecule has 124 valence electrons. The molecule has 2 aromatic carbocycles. The van der Waals surface area contributed by atoms with Crippen molar-refractivity contribution in [2.24, 2.45) is 0 Å². The minimum Gasteiger partial charge on any atom is -0.503 e. The largest absolute Gasteiger partial charge is 0.503 e. The van der Waals surface area contributed by atoms with E-state index in [4.69, 9.17) is 0 Å². The second kappa shape index (κ2) is 7.55. The minimum absolute atomic E-state index is 0.00105. The van der Waals surface area contributed by atoms with E-state index < -0.39 is 23.3 Å². The summed E-state index contributed by atoms with van der Waals surface area (Å²) in [7, 11) is 0. The molecule has 3 nitrogen and oxygen atoms in total. The van der Waals surface area contributed by atoms with Gasteiger partial charge in [0, 0.05) is 17.7 Å². The Hall–Kier alpha value is -2.95. The van der Waals surface area contributed by atoms with Gasteiger partial charge in [0.25, 0.3) is 5.91 Å². The number of carbonyl (C=O) groups is 1. The highest BCUT2D eigenvalue weighted by molar-refractivity contribution is 5.94. The van der Waals surface area contributed by atoms with Crippen LogP contribution in [0.1, 0.15) is 27.0 Å². The molecule has 24 heavy (non-hydrogen) atoms. The van der Waals surface area contributed by atoms with Crippen molar-refractivity contribution < 1.29 is 18.7 Å². The van der Waals surface area contributed by atoms with E-state index in [1.54, 1.807) is 24.3 Å². The number of rotatable bonds is 5. The van der Waals surface area contributed by atoms with E-state index in [0.29, 0.717) is 5.56 Å². The highest BCUT2D eigenvalue weighted by Crippen LogP contribution is 2.23. The molecule has 0 aliphatic carbocycles. The summed E-state index contributed by atoms with van der Waals surface area (Å²) in [6, 6.07) is 7.31. The lowest BCUT2D eigenvalue weighted by Crippen LogP contribution is -2.23. The number of amides is 1. The van der Waals surface area contributed by atoms with Crippen LogP contribution in [0.3, 0.4) is 0 Å². The van der Waals surface area contributed by atoms with Crippen LogP contribution in [-0.2, 0) is 6.54 Å². The number of nitrogens with one attached hydrogen (secondary N) is 1. The van der Waals surface area contributed by atoms with Gasteiger partial charge in [0.05, 0.1) is 0 Å². The Morgan fingerprint density at radius 2 is 2.04 bits per heavy atom. The van der Waals surface area contributed by atoms with Crippen molar-refractivity contribution in [3.8, 4) is 5.75 Å². The number of halogens is 2. The molecule has 0 aromatic heterocycles. The van der Waals surface area contributed by atoms with Crippen molar-refractivity contribution in [3.05, 3.63) is 83.0 Å². The van der Waals surface area contributed by atoms with Gasteiger partial charge >= 0.3 is 0 Å². The van der Waals surface area contributed by atoms with Crippen LogP contribution >= 0.6 is 0 Å². The fraction of sp³-hybridized carbons (Fsp3) is 0.105. The Morgan fingerprint density at radius 1 is 1.29 bits per heavy atom. The third kappa shape index (κ3) is 3.87. The van der Waals surface area contributed by atoms with Crippen LogP contribution in [0.5, 0.6) is 5.75 Å². The van der Waals surface area contributed by atoms with Crippen LogP contribution < -0.4 is 5.32 Å². The Bertz CT molecular complexity index is 813. The van der Waals surface area contributed by atoms with Gasteiger partial charge in [0.2, 0.25) is 0 Å². The number of allylic oxidation sites excluding steroid dienone is 2. The molecule has 0 radical (unpaired) electrons. The molecule has 0 fully saturated rings. The van der Waals surface area contributed by atoms with Crippen molar-refractivity contribution in [1.29, 1.82) is 0 Å². The predicted molar refractivity (Wildman–Crippen MR) is 89.6 cm³/mol. The zero-order chi connectivity index (χ0) is 17.7. The summed E-state index contributed by atoms with van der Waals surface area (Å²) in [5.74, 6) is -3.56. The van der Waals surface area contributed by atoms with Crippen LogP contribution in [0, 0.1) is 18.6 Å². The van der Waals surface area contributed by atoms with Crippen LogP contribution in [-0.4, -0.2) is 11.0 Å². The molecule has 0 bridgehead atoms. The Morgan fingerprint density at radius 3 is 2.75 bits per heavy atom. The molecule has 0 unspecified atom stereocenters. The molecule has 0 aliphatic rings. The molecule has 0 atom stereocenters. The van der Waals surface area contributed by atoms with Gasteiger partial charge in [-0.15, -0.1) is 0 Å². The van der Waals surface area contributed by atoms with Crippen LogP contribution in [0.2, 0.25) is 0 Å². The standard InChI is InChI=1S/C19H17F2NO2/c1-3-4-5-13-10-14(7-6-12(13)2)19(24)22-11-15-8-9-16(20)18(23)17(15)21/h3-10,23H,1,11H2,2H3,(H,22,24)/b5-4-. The quantitative estimate of drug-likeness (QED) is 0.811. The van der Waals surface area contributed by atoms with Crippen molar-refractivity contribution in [2.75, 3.05) is 0 Å². The molecular formula is C19H17F2NO2. The van der Waals surface area contributed by atoms with Crippen molar-refractivity contribution in [1.82, 2.24) is 5.32 Å². The van der Waals surface area contributed by atoms with E-state index in [1.165, 1.54) is 6.07 Å².